The van der Waals surface area contributed by atoms with Crippen molar-refractivity contribution in [2.75, 3.05) is 26.0 Å². The maximum Gasteiger partial charge on any atom is 0.245 e. The minimum Gasteiger partial charge on any atom is -0.457 e. The molecule has 2 heterocycles. The first-order valence-electron chi connectivity index (χ1n) is 12.4. The van der Waals surface area contributed by atoms with E-state index in [4.69, 9.17) is 14.3 Å². The van der Waals surface area contributed by atoms with Crippen molar-refractivity contribution in [2.24, 2.45) is 0 Å². The number of piperidine rings is 1. The van der Waals surface area contributed by atoms with E-state index in [0.717, 1.165) is 19.1 Å². The molecular weight excluding hydrogens is 534 g/mol. The van der Waals surface area contributed by atoms with E-state index in [2.05, 4.69) is 10.2 Å². The highest BCUT2D eigenvalue weighted by molar-refractivity contribution is 7.89. The Morgan fingerprint density at radius 1 is 1.00 bits per heavy atom. The lowest BCUT2D eigenvalue weighted by atomic mass is 9.86. The standard InChI is InChI=1S/C25H33N3O8S2/c1-37(30,31)28-16-14-25(15-17-28,19-23(29)26-36-24-9-5-6-18-34-24)27-38(32,33)22-12-10-21(11-13-22)35-20-7-3-2-4-8-20/h2-4,7-8,10-13,24,27H,5-6,9,14-19H2,1H3,(H,26,29). The van der Waals surface area contributed by atoms with Crippen LogP contribution in [0.4, 0.5) is 0 Å². The molecule has 2 saturated heterocycles. The van der Waals surface area contributed by atoms with E-state index < -0.39 is 37.8 Å². The van der Waals surface area contributed by atoms with Gasteiger partial charge in [-0.05, 0) is 62.1 Å². The van der Waals surface area contributed by atoms with E-state index in [1.54, 1.807) is 24.3 Å². The molecule has 2 aliphatic heterocycles. The highest BCUT2D eigenvalue weighted by Crippen LogP contribution is 2.30. The van der Waals surface area contributed by atoms with Gasteiger partial charge in [0, 0.05) is 38.1 Å². The number of hydrogen-bond donors (Lipinski definition) is 2. The number of nitrogens with zero attached hydrogens (tertiary/aromatic N) is 1. The van der Waals surface area contributed by atoms with E-state index in [1.165, 1.54) is 16.4 Å². The number of para-hydroxylation sites is 1. The van der Waals surface area contributed by atoms with Gasteiger partial charge >= 0.3 is 0 Å². The molecule has 2 aliphatic rings. The largest absolute Gasteiger partial charge is 0.457 e. The fourth-order valence-corrected chi connectivity index (χ4v) is 6.80. The lowest BCUT2D eigenvalue weighted by Crippen LogP contribution is -2.57. The second-order valence-electron chi connectivity index (χ2n) is 9.55. The summed E-state index contributed by atoms with van der Waals surface area (Å²) in [7, 11) is -7.52. The summed E-state index contributed by atoms with van der Waals surface area (Å²) in [6.45, 7) is 0.691. The molecular formula is C25H33N3O8S2. The summed E-state index contributed by atoms with van der Waals surface area (Å²) in [5.74, 6) is 0.554. The molecule has 2 N–H and O–H groups in total. The van der Waals surface area contributed by atoms with Gasteiger partial charge in [-0.2, -0.15) is 0 Å². The molecule has 1 atom stereocenters. The van der Waals surface area contributed by atoms with Gasteiger partial charge in [-0.25, -0.2) is 36.2 Å². The predicted molar refractivity (Wildman–Crippen MR) is 139 cm³/mol. The van der Waals surface area contributed by atoms with Crippen LogP contribution in [0.5, 0.6) is 11.5 Å². The number of nitrogens with one attached hydrogen (secondary N) is 2. The van der Waals surface area contributed by atoms with Crippen molar-refractivity contribution in [3.05, 3.63) is 54.6 Å². The van der Waals surface area contributed by atoms with Gasteiger partial charge in [-0.3, -0.25) is 4.79 Å². The fraction of sp³-hybridized carbons (Fsp3) is 0.480. The number of hydrogen-bond acceptors (Lipinski definition) is 8. The lowest BCUT2D eigenvalue weighted by Gasteiger charge is -2.40. The molecule has 13 heteroatoms. The molecule has 1 amide bonds. The second-order valence-corrected chi connectivity index (χ2v) is 13.2. The molecule has 0 bridgehead atoms. The van der Waals surface area contributed by atoms with E-state index in [0.29, 0.717) is 24.5 Å². The average Bonchev–Trinajstić information content (AvgIpc) is 2.88. The summed E-state index contributed by atoms with van der Waals surface area (Å²) >= 11 is 0. The van der Waals surface area contributed by atoms with Crippen LogP contribution in [0.15, 0.2) is 59.5 Å². The molecule has 0 spiro atoms. The van der Waals surface area contributed by atoms with Crippen molar-refractivity contribution >= 4 is 26.0 Å². The molecule has 0 aliphatic carbocycles. The molecule has 208 valence electrons. The first kappa shape index (κ1) is 28.5. The first-order chi connectivity index (χ1) is 18.0. The lowest BCUT2D eigenvalue weighted by molar-refractivity contribution is -0.201. The number of sulfonamides is 2. The summed E-state index contributed by atoms with van der Waals surface area (Å²) in [5.41, 5.74) is 1.17. The number of carbonyl (C=O) groups excluding carboxylic acids is 1. The Kier molecular flexibility index (Phi) is 9.06. The highest BCUT2D eigenvalue weighted by Gasteiger charge is 2.42. The minimum absolute atomic E-state index is 0.00454. The molecule has 2 aromatic rings. The normalized spacial score (nSPS) is 20.5. The second kappa shape index (κ2) is 12.1. The maximum absolute atomic E-state index is 13.4. The Labute approximate surface area is 223 Å². The Bertz CT molecular complexity index is 1290. The van der Waals surface area contributed by atoms with Gasteiger partial charge in [0.2, 0.25) is 26.0 Å². The summed E-state index contributed by atoms with van der Waals surface area (Å²) in [5, 5.41) is 0. The number of rotatable bonds is 10. The van der Waals surface area contributed by atoms with Crippen LogP contribution in [0.2, 0.25) is 0 Å². The van der Waals surface area contributed by atoms with Crippen LogP contribution in [0.3, 0.4) is 0 Å². The Balaban J connectivity index is 1.46. The Morgan fingerprint density at radius 2 is 1.66 bits per heavy atom. The fourth-order valence-electron chi connectivity index (χ4n) is 4.50. The third kappa shape index (κ3) is 7.74. The Morgan fingerprint density at radius 3 is 2.26 bits per heavy atom. The van der Waals surface area contributed by atoms with Gasteiger partial charge < -0.3 is 9.47 Å². The summed E-state index contributed by atoms with van der Waals surface area (Å²) in [4.78, 5) is 18.2. The van der Waals surface area contributed by atoms with Crippen LogP contribution in [0.1, 0.15) is 38.5 Å². The molecule has 0 radical (unpaired) electrons. The van der Waals surface area contributed by atoms with Crippen molar-refractivity contribution in [1.82, 2.24) is 14.5 Å². The van der Waals surface area contributed by atoms with Crippen molar-refractivity contribution in [3.8, 4) is 11.5 Å². The molecule has 2 fully saturated rings. The molecule has 4 rings (SSSR count). The van der Waals surface area contributed by atoms with Crippen molar-refractivity contribution < 1.29 is 35.9 Å². The topological polar surface area (TPSA) is 140 Å². The number of carbonyl (C=O) groups is 1. The molecule has 1 unspecified atom stereocenters. The maximum atomic E-state index is 13.4. The number of amides is 1. The molecule has 11 nitrogen and oxygen atoms in total. The SMILES string of the molecule is CS(=O)(=O)N1CCC(CC(=O)NOC2CCCCO2)(NS(=O)(=O)c2ccc(Oc3ccccc3)cc2)CC1. The van der Waals surface area contributed by atoms with Crippen molar-refractivity contribution in [3.63, 3.8) is 0 Å². The monoisotopic (exact) mass is 567 g/mol. The van der Waals surface area contributed by atoms with Gasteiger partial charge in [0.15, 0.2) is 6.29 Å². The predicted octanol–water partition coefficient (Wildman–Crippen LogP) is 2.52. The van der Waals surface area contributed by atoms with Gasteiger partial charge in [0.05, 0.1) is 11.2 Å². The molecule has 0 saturated carbocycles. The van der Waals surface area contributed by atoms with Crippen LogP contribution in [-0.4, -0.2) is 64.8 Å². The first-order valence-corrected chi connectivity index (χ1v) is 15.8. The molecule has 2 aromatic carbocycles. The molecule has 38 heavy (non-hydrogen) atoms. The number of benzene rings is 2. The summed E-state index contributed by atoms with van der Waals surface area (Å²) < 4.78 is 66.0. The third-order valence-electron chi connectivity index (χ3n) is 6.55. The zero-order chi connectivity index (χ0) is 27.2. The Hall–Kier alpha value is -2.55. The van der Waals surface area contributed by atoms with E-state index in [-0.39, 0.29) is 37.2 Å². The number of hydroxylamine groups is 1. The average molecular weight is 568 g/mol. The van der Waals surface area contributed by atoms with Crippen molar-refractivity contribution in [2.45, 2.75) is 55.2 Å². The minimum atomic E-state index is -4.06. The van der Waals surface area contributed by atoms with Gasteiger partial charge in [-0.1, -0.05) is 18.2 Å². The van der Waals surface area contributed by atoms with Crippen LogP contribution >= 0.6 is 0 Å². The van der Waals surface area contributed by atoms with Gasteiger partial charge in [-0.15, -0.1) is 0 Å². The number of ether oxygens (including phenoxy) is 2. The van der Waals surface area contributed by atoms with Gasteiger partial charge in [0.25, 0.3) is 0 Å². The highest BCUT2D eigenvalue weighted by atomic mass is 32.2. The zero-order valence-corrected chi connectivity index (χ0v) is 22.8. The van der Waals surface area contributed by atoms with E-state index in [1.807, 2.05) is 18.2 Å². The summed E-state index contributed by atoms with van der Waals surface area (Å²) in [6, 6.07) is 15.0. The van der Waals surface area contributed by atoms with E-state index in [9.17, 15) is 21.6 Å². The third-order valence-corrected chi connectivity index (χ3v) is 9.45. The zero-order valence-electron chi connectivity index (χ0n) is 21.2. The van der Waals surface area contributed by atoms with E-state index >= 15 is 0 Å². The summed E-state index contributed by atoms with van der Waals surface area (Å²) in [6.07, 6.45) is 3.04. The molecule has 0 aromatic heterocycles. The van der Waals surface area contributed by atoms with Crippen LogP contribution < -0.4 is 14.9 Å². The van der Waals surface area contributed by atoms with Crippen LogP contribution in [0, 0.1) is 0 Å². The smallest absolute Gasteiger partial charge is 0.245 e. The quantitative estimate of drug-likeness (QED) is 0.418. The van der Waals surface area contributed by atoms with Crippen LogP contribution in [-0.2, 0) is 34.4 Å². The van der Waals surface area contributed by atoms with Gasteiger partial charge in [0.1, 0.15) is 11.5 Å². The van der Waals surface area contributed by atoms with Crippen molar-refractivity contribution in [1.29, 1.82) is 0 Å². The van der Waals surface area contributed by atoms with Crippen LogP contribution in [0.25, 0.3) is 0 Å².